The first-order valence-electron chi connectivity index (χ1n) is 5.52. The summed E-state index contributed by atoms with van der Waals surface area (Å²) >= 11 is 11.5. The molecule has 0 unspecified atom stereocenters. The number of anilines is 1. The van der Waals surface area contributed by atoms with Crippen molar-refractivity contribution in [2.75, 3.05) is 11.9 Å². The molecule has 0 saturated carbocycles. The van der Waals surface area contributed by atoms with Crippen LogP contribution < -0.4 is 10.6 Å². The highest BCUT2D eigenvalue weighted by atomic mass is 79.9. The Hall–Kier alpha value is -0.550. The smallest absolute Gasteiger partial charge is 0.0642 e. The molecule has 1 heterocycles. The Morgan fingerprint density at radius 2 is 2.17 bits per heavy atom. The molecule has 0 atom stereocenters. The van der Waals surface area contributed by atoms with Gasteiger partial charge in [0.05, 0.1) is 17.3 Å². The summed E-state index contributed by atoms with van der Waals surface area (Å²) in [5, 5.41) is 2.83. The maximum atomic E-state index is 6.27. The van der Waals surface area contributed by atoms with Crippen molar-refractivity contribution in [3.63, 3.8) is 0 Å². The zero-order valence-electron chi connectivity index (χ0n) is 9.99. The van der Waals surface area contributed by atoms with Gasteiger partial charge >= 0.3 is 0 Å². The second-order valence-electron chi connectivity index (χ2n) is 4.08. The minimum absolute atomic E-state index is 0.515. The summed E-state index contributed by atoms with van der Waals surface area (Å²) < 4.78 is 1.13. The van der Waals surface area contributed by atoms with Crippen molar-refractivity contribution in [2.45, 2.75) is 13.1 Å². The minimum Gasteiger partial charge on any atom is -0.368 e. The fourth-order valence-corrected chi connectivity index (χ4v) is 3.59. The molecule has 0 aliphatic heterocycles. The monoisotopic (exact) mass is 344 g/mol. The van der Waals surface area contributed by atoms with Crippen LogP contribution in [0.25, 0.3) is 0 Å². The van der Waals surface area contributed by atoms with Gasteiger partial charge in [-0.2, -0.15) is 0 Å². The number of halogens is 2. The summed E-state index contributed by atoms with van der Waals surface area (Å²) in [6, 6.07) is 8.09. The summed E-state index contributed by atoms with van der Waals surface area (Å²) in [7, 11) is 2.04. The molecule has 0 amide bonds. The second kappa shape index (κ2) is 6.06. The predicted molar refractivity (Wildman–Crippen MR) is 83.5 cm³/mol. The maximum Gasteiger partial charge on any atom is 0.0642 e. The van der Waals surface area contributed by atoms with Crippen LogP contribution in [0.2, 0.25) is 5.02 Å². The standard InChI is InChI=1S/C13H14BrClN2S/c1-17(7-11-5-10(14)8-18-11)13-3-2-9(6-16)4-12(13)15/h2-5,8H,6-7,16H2,1H3. The zero-order chi connectivity index (χ0) is 13.1. The van der Waals surface area contributed by atoms with Gasteiger partial charge in [-0.05, 0) is 39.7 Å². The molecule has 1 aromatic carbocycles. The molecule has 18 heavy (non-hydrogen) atoms. The van der Waals surface area contributed by atoms with Gasteiger partial charge in [-0.1, -0.05) is 17.7 Å². The van der Waals surface area contributed by atoms with Gasteiger partial charge in [-0.3, -0.25) is 0 Å². The van der Waals surface area contributed by atoms with E-state index < -0.39 is 0 Å². The molecular formula is C13H14BrClN2S. The van der Waals surface area contributed by atoms with Gasteiger partial charge in [0.2, 0.25) is 0 Å². The molecule has 2 N–H and O–H groups in total. The molecule has 0 radical (unpaired) electrons. The number of nitrogens with zero attached hydrogens (tertiary/aromatic N) is 1. The van der Waals surface area contributed by atoms with Gasteiger partial charge in [-0.15, -0.1) is 11.3 Å². The molecule has 0 fully saturated rings. The molecule has 2 aromatic rings. The van der Waals surface area contributed by atoms with E-state index in [1.165, 1.54) is 4.88 Å². The van der Waals surface area contributed by atoms with Gasteiger partial charge in [0, 0.05) is 28.3 Å². The molecule has 96 valence electrons. The molecule has 0 saturated heterocycles. The van der Waals surface area contributed by atoms with Crippen molar-refractivity contribution in [1.82, 2.24) is 0 Å². The average Bonchev–Trinajstić information content (AvgIpc) is 2.74. The fourth-order valence-electron chi connectivity index (χ4n) is 1.74. The average molecular weight is 346 g/mol. The lowest BCUT2D eigenvalue weighted by Crippen LogP contribution is -2.16. The Labute approximate surface area is 124 Å². The maximum absolute atomic E-state index is 6.27. The molecule has 0 spiro atoms. The van der Waals surface area contributed by atoms with Crippen LogP contribution in [0.15, 0.2) is 34.1 Å². The third kappa shape index (κ3) is 3.26. The van der Waals surface area contributed by atoms with Crippen molar-refractivity contribution in [1.29, 1.82) is 0 Å². The second-order valence-corrected chi connectivity index (χ2v) is 6.40. The van der Waals surface area contributed by atoms with Crippen LogP contribution in [0.4, 0.5) is 5.69 Å². The summed E-state index contributed by atoms with van der Waals surface area (Å²) in [6.07, 6.45) is 0. The SMILES string of the molecule is CN(Cc1cc(Br)cs1)c1ccc(CN)cc1Cl. The molecule has 0 aliphatic carbocycles. The van der Waals surface area contributed by atoms with Crippen molar-refractivity contribution in [3.05, 3.63) is 49.6 Å². The van der Waals surface area contributed by atoms with Gasteiger partial charge in [0.15, 0.2) is 0 Å². The number of nitrogens with two attached hydrogens (primary N) is 1. The Bertz CT molecular complexity index is 542. The van der Waals surface area contributed by atoms with Crippen molar-refractivity contribution >= 4 is 44.6 Å². The lowest BCUT2D eigenvalue weighted by molar-refractivity contribution is 0.938. The number of hydrogen-bond acceptors (Lipinski definition) is 3. The first-order valence-corrected chi connectivity index (χ1v) is 7.57. The topological polar surface area (TPSA) is 29.3 Å². The Morgan fingerprint density at radius 3 is 2.72 bits per heavy atom. The van der Waals surface area contributed by atoms with Gasteiger partial charge in [0.1, 0.15) is 0 Å². The van der Waals surface area contributed by atoms with E-state index in [0.29, 0.717) is 6.54 Å². The quantitative estimate of drug-likeness (QED) is 0.897. The van der Waals surface area contributed by atoms with Crippen molar-refractivity contribution < 1.29 is 0 Å². The van der Waals surface area contributed by atoms with Crippen LogP contribution in [0.5, 0.6) is 0 Å². The largest absolute Gasteiger partial charge is 0.368 e. The fraction of sp³-hybridized carbons (Fsp3) is 0.231. The highest BCUT2D eigenvalue weighted by Crippen LogP contribution is 2.29. The molecule has 1 aromatic heterocycles. The lowest BCUT2D eigenvalue weighted by Gasteiger charge is -2.20. The number of rotatable bonds is 4. The number of benzene rings is 1. The van der Waals surface area contributed by atoms with E-state index in [4.69, 9.17) is 17.3 Å². The number of hydrogen-bond donors (Lipinski definition) is 1. The van der Waals surface area contributed by atoms with Crippen LogP contribution >= 0.6 is 38.9 Å². The molecule has 0 bridgehead atoms. The number of thiophene rings is 1. The molecule has 2 nitrogen and oxygen atoms in total. The third-order valence-electron chi connectivity index (χ3n) is 2.67. The van der Waals surface area contributed by atoms with Gasteiger partial charge < -0.3 is 10.6 Å². The van der Waals surface area contributed by atoms with E-state index in [1.807, 2.05) is 25.2 Å². The van der Waals surface area contributed by atoms with E-state index in [9.17, 15) is 0 Å². The van der Waals surface area contributed by atoms with Crippen LogP contribution in [-0.4, -0.2) is 7.05 Å². The summed E-state index contributed by atoms with van der Waals surface area (Å²) in [6.45, 7) is 1.36. The predicted octanol–water partition coefficient (Wildman–Crippen LogP) is 4.26. The van der Waals surface area contributed by atoms with Crippen LogP contribution in [0.1, 0.15) is 10.4 Å². The Kier molecular flexibility index (Phi) is 4.67. The van der Waals surface area contributed by atoms with Crippen molar-refractivity contribution in [3.8, 4) is 0 Å². The molecule has 5 heteroatoms. The van der Waals surface area contributed by atoms with E-state index in [-0.39, 0.29) is 0 Å². The molecular weight excluding hydrogens is 332 g/mol. The van der Waals surface area contributed by atoms with Crippen LogP contribution in [0.3, 0.4) is 0 Å². The first kappa shape index (κ1) is 13.9. The van der Waals surface area contributed by atoms with Gasteiger partial charge in [-0.25, -0.2) is 0 Å². The lowest BCUT2D eigenvalue weighted by atomic mass is 10.2. The van der Waals surface area contributed by atoms with Gasteiger partial charge in [0.25, 0.3) is 0 Å². The van der Waals surface area contributed by atoms with Crippen LogP contribution in [-0.2, 0) is 13.1 Å². The Morgan fingerprint density at radius 1 is 1.39 bits per heavy atom. The highest BCUT2D eigenvalue weighted by molar-refractivity contribution is 9.10. The molecule has 0 aliphatic rings. The van der Waals surface area contributed by atoms with E-state index >= 15 is 0 Å². The molecule has 2 rings (SSSR count). The van der Waals surface area contributed by atoms with Crippen molar-refractivity contribution in [2.24, 2.45) is 5.73 Å². The Balaban J connectivity index is 2.15. The van der Waals surface area contributed by atoms with E-state index in [2.05, 4.69) is 32.3 Å². The van der Waals surface area contributed by atoms with Crippen LogP contribution in [0, 0.1) is 0 Å². The summed E-state index contributed by atoms with van der Waals surface area (Å²) in [5.41, 5.74) is 7.67. The summed E-state index contributed by atoms with van der Waals surface area (Å²) in [4.78, 5) is 3.43. The third-order valence-corrected chi connectivity index (χ3v) is 4.66. The van der Waals surface area contributed by atoms with E-state index in [1.54, 1.807) is 11.3 Å². The first-order chi connectivity index (χ1) is 8.60. The van der Waals surface area contributed by atoms with E-state index in [0.717, 1.165) is 27.3 Å². The highest BCUT2D eigenvalue weighted by Gasteiger charge is 2.08. The minimum atomic E-state index is 0.515. The zero-order valence-corrected chi connectivity index (χ0v) is 13.1. The normalized spacial score (nSPS) is 10.7. The summed E-state index contributed by atoms with van der Waals surface area (Å²) in [5.74, 6) is 0.